The highest BCUT2D eigenvalue weighted by Gasteiger charge is 2.11. The number of anilines is 2. The first-order valence-corrected chi connectivity index (χ1v) is 17.2. The van der Waals surface area contributed by atoms with Gasteiger partial charge in [0.15, 0.2) is 10.3 Å². The Labute approximate surface area is 280 Å². The predicted molar refractivity (Wildman–Crippen MR) is 189 cm³/mol. The number of fused-ring (bicyclic) bond motifs is 2. The van der Waals surface area contributed by atoms with Gasteiger partial charge in [-0.1, -0.05) is 47.8 Å². The summed E-state index contributed by atoms with van der Waals surface area (Å²) in [4.78, 5) is 40.7. The van der Waals surface area contributed by atoms with Gasteiger partial charge in [0, 0.05) is 23.5 Å². The van der Waals surface area contributed by atoms with E-state index in [1.54, 1.807) is 0 Å². The lowest BCUT2D eigenvalue weighted by Gasteiger charge is -2.08. The van der Waals surface area contributed by atoms with Gasteiger partial charge in [0.25, 0.3) is 0 Å². The van der Waals surface area contributed by atoms with Crippen molar-refractivity contribution >= 4 is 68.8 Å². The molecule has 2 heterocycles. The Balaban J connectivity index is 0.937. The maximum Gasteiger partial charge on any atom is 0.234 e. The van der Waals surface area contributed by atoms with Crippen LogP contribution in [0.15, 0.2) is 95.2 Å². The molecule has 0 unspecified atom stereocenters. The van der Waals surface area contributed by atoms with Crippen molar-refractivity contribution in [3.8, 4) is 11.5 Å². The Morgan fingerprint density at radius 2 is 1.06 bits per heavy atom. The summed E-state index contributed by atoms with van der Waals surface area (Å²) in [6.45, 7) is 5.08. The van der Waals surface area contributed by atoms with Crippen LogP contribution in [0.2, 0.25) is 0 Å². The van der Waals surface area contributed by atoms with Gasteiger partial charge >= 0.3 is 0 Å². The number of ether oxygens (including phenoxy) is 2. The maximum atomic E-state index is 12.6. The van der Waals surface area contributed by atoms with Crippen LogP contribution < -0.4 is 20.1 Å². The van der Waals surface area contributed by atoms with Gasteiger partial charge in [-0.15, -0.1) is 0 Å². The lowest BCUT2D eigenvalue weighted by molar-refractivity contribution is -0.114. The number of amides is 2. The smallest absolute Gasteiger partial charge is 0.234 e. The van der Waals surface area contributed by atoms with Crippen molar-refractivity contribution in [2.24, 2.45) is 0 Å². The molecule has 0 atom stereocenters. The molecule has 0 aliphatic heterocycles. The van der Waals surface area contributed by atoms with Crippen molar-refractivity contribution in [2.45, 2.75) is 30.6 Å². The summed E-state index contributed by atoms with van der Waals surface area (Å²) in [7, 11) is 0. The van der Waals surface area contributed by atoms with Crippen LogP contribution in [0.5, 0.6) is 11.5 Å². The standard InChI is InChI=1S/C35H34N6O4S2/c1-3-44-26-13-15-28-30(18-26)40-34(38-28)46-20-32(42)36-24-9-5-22(6-10-24)17-23-7-11-25(12-8-23)37-33(43)21-47-35-39-29-16-14-27(45-4-2)19-31(29)41-35/h5-16,18-19H,3-4,17,20-21H2,1-2H3,(H,36,42)(H,37,43)(H,38,40)(H,39,41). The summed E-state index contributed by atoms with van der Waals surface area (Å²) in [5.74, 6) is 1.82. The van der Waals surface area contributed by atoms with E-state index in [-0.39, 0.29) is 23.3 Å². The topological polar surface area (TPSA) is 134 Å². The number of imidazole rings is 2. The van der Waals surface area contributed by atoms with Crippen molar-refractivity contribution in [2.75, 3.05) is 35.4 Å². The van der Waals surface area contributed by atoms with Gasteiger partial charge in [0.1, 0.15) is 11.5 Å². The van der Waals surface area contributed by atoms with E-state index in [0.717, 1.165) is 62.5 Å². The molecule has 0 fully saturated rings. The van der Waals surface area contributed by atoms with E-state index in [1.165, 1.54) is 23.5 Å². The summed E-state index contributed by atoms with van der Waals surface area (Å²) in [6.07, 6.45) is 0.724. The second-order valence-electron chi connectivity index (χ2n) is 10.6. The highest BCUT2D eigenvalue weighted by Crippen LogP contribution is 2.25. The Morgan fingerprint density at radius 3 is 1.47 bits per heavy atom. The van der Waals surface area contributed by atoms with Crippen LogP contribution in [0.25, 0.3) is 22.1 Å². The average Bonchev–Trinajstić information content (AvgIpc) is 3.68. The number of carbonyl (C=O) groups is 2. The van der Waals surface area contributed by atoms with Crippen molar-refractivity contribution in [3.05, 3.63) is 96.1 Å². The first-order valence-electron chi connectivity index (χ1n) is 15.2. The Kier molecular flexibility index (Phi) is 10.3. The zero-order valence-corrected chi connectivity index (χ0v) is 27.6. The summed E-state index contributed by atoms with van der Waals surface area (Å²) in [5, 5.41) is 7.26. The second kappa shape index (κ2) is 15.1. The van der Waals surface area contributed by atoms with E-state index in [9.17, 15) is 9.59 Å². The van der Waals surface area contributed by atoms with E-state index in [0.29, 0.717) is 23.5 Å². The largest absolute Gasteiger partial charge is 0.494 e. The molecule has 12 heteroatoms. The van der Waals surface area contributed by atoms with Gasteiger partial charge in [-0.25, -0.2) is 9.97 Å². The first kappa shape index (κ1) is 32.0. The fourth-order valence-corrected chi connectivity index (χ4v) is 6.26. The molecule has 0 radical (unpaired) electrons. The molecule has 0 aliphatic carbocycles. The van der Waals surface area contributed by atoms with Gasteiger partial charge < -0.3 is 30.1 Å². The molecule has 6 aromatic rings. The molecule has 4 aromatic carbocycles. The molecule has 0 aliphatic rings. The molecule has 47 heavy (non-hydrogen) atoms. The molecular weight excluding hydrogens is 633 g/mol. The normalized spacial score (nSPS) is 11.1. The van der Waals surface area contributed by atoms with E-state index in [1.807, 2.05) is 98.8 Å². The van der Waals surface area contributed by atoms with E-state index in [4.69, 9.17) is 9.47 Å². The molecule has 0 saturated carbocycles. The van der Waals surface area contributed by atoms with Crippen molar-refractivity contribution in [1.29, 1.82) is 0 Å². The number of hydrogen-bond donors (Lipinski definition) is 4. The van der Waals surface area contributed by atoms with Crippen LogP contribution >= 0.6 is 23.5 Å². The zero-order chi connectivity index (χ0) is 32.6. The molecule has 2 amide bonds. The number of carbonyl (C=O) groups excluding carboxylic acids is 2. The summed E-state index contributed by atoms with van der Waals surface area (Å²) < 4.78 is 11.1. The fraction of sp³-hybridized carbons (Fsp3) is 0.200. The van der Waals surface area contributed by atoms with E-state index in [2.05, 4.69) is 30.6 Å². The lowest BCUT2D eigenvalue weighted by Crippen LogP contribution is -2.14. The van der Waals surface area contributed by atoms with Crippen LogP contribution in [0.4, 0.5) is 11.4 Å². The van der Waals surface area contributed by atoms with Crippen LogP contribution in [-0.2, 0) is 16.0 Å². The third-order valence-electron chi connectivity index (χ3n) is 7.05. The number of H-pyrrole nitrogens is 2. The molecule has 10 nitrogen and oxygen atoms in total. The Hall–Kier alpha value is -4.94. The van der Waals surface area contributed by atoms with Crippen LogP contribution in [0, 0.1) is 0 Å². The summed E-state index contributed by atoms with van der Waals surface area (Å²) in [5.41, 5.74) is 7.10. The molecule has 0 spiro atoms. The number of rotatable bonds is 14. The molecule has 0 saturated heterocycles. The number of hydrogen-bond acceptors (Lipinski definition) is 8. The molecular formula is C35H34N6O4S2. The van der Waals surface area contributed by atoms with Gasteiger partial charge in [0.2, 0.25) is 11.8 Å². The predicted octanol–water partition coefficient (Wildman–Crippen LogP) is 7.29. The summed E-state index contributed by atoms with van der Waals surface area (Å²) >= 11 is 2.70. The SMILES string of the molecule is CCOc1ccc2nc(SCC(=O)Nc3ccc(Cc4ccc(NC(=O)CSc5nc6ccc(OCC)cc6[nH]5)cc4)cc3)[nH]c2c1. The van der Waals surface area contributed by atoms with E-state index < -0.39 is 0 Å². The maximum absolute atomic E-state index is 12.6. The molecule has 0 bridgehead atoms. The fourth-order valence-electron chi connectivity index (χ4n) is 4.89. The monoisotopic (exact) mass is 666 g/mol. The minimum absolute atomic E-state index is 0.108. The number of nitrogens with one attached hydrogen (secondary N) is 4. The molecule has 4 N–H and O–H groups in total. The average molecular weight is 667 g/mol. The second-order valence-corrected chi connectivity index (χ2v) is 12.5. The third kappa shape index (κ3) is 8.66. The summed E-state index contributed by atoms with van der Waals surface area (Å²) in [6, 6.07) is 27.0. The van der Waals surface area contributed by atoms with Crippen molar-refractivity contribution < 1.29 is 19.1 Å². The highest BCUT2D eigenvalue weighted by molar-refractivity contribution is 8.00. The van der Waals surface area contributed by atoms with Gasteiger partial charge in [0.05, 0.1) is 46.8 Å². The van der Waals surface area contributed by atoms with Crippen molar-refractivity contribution in [1.82, 2.24) is 19.9 Å². The van der Waals surface area contributed by atoms with Gasteiger partial charge in [-0.3, -0.25) is 9.59 Å². The number of benzene rings is 4. The van der Waals surface area contributed by atoms with Gasteiger partial charge in [-0.2, -0.15) is 0 Å². The minimum atomic E-state index is -0.108. The highest BCUT2D eigenvalue weighted by atomic mass is 32.2. The van der Waals surface area contributed by atoms with Crippen LogP contribution in [0.1, 0.15) is 25.0 Å². The molecule has 2 aromatic heterocycles. The Morgan fingerprint density at radius 1 is 0.638 bits per heavy atom. The molecule has 240 valence electrons. The number of thioether (sulfide) groups is 2. The van der Waals surface area contributed by atoms with Crippen LogP contribution in [0.3, 0.4) is 0 Å². The van der Waals surface area contributed by atoms with Crippen molar-refractivity contribution in [3.63, 3.8) is 0 Å². The first-order chi connectivity index (χ1) is 22.9. The third-order valence-corrected chi connectivity index (χ3v) is 8.80. The zero-order valence-electron chi connectivity index (χ0n) is 26.0. The number of aromatic nitrogens is 4. The number of aromatic amines is 2. The lowest BCUT2D eigenvalue weighted by atomic mass is 10.0. The number of nitrogens with zero attached hydrogens (tertiary/aromatic N) is 2. The minimum Gasteiger partial charge on any atom is -0.494 e. The van der Waals surface area contributed by atoms with E-state index >= 15 is 0 Å². The Bertz CT molecular complexity index is 1850. The quantitative estimate of drug-likeness (QED) is 0.0891. The van der Waals surface area contributed by atoms with Crippen LogP contribution in [-0.4, -0.2) is 56.5 Å². The molecule has 6 rings (SSSR count). The van der Waals surface area contributed by atoms with Gasteiger partial charge in [-0.05, 0) is 79.9 Å².